The summed E-state index contributed by atoms with van der Waals surface area (Å²) >= 11 is 0. The van der Waals surface area contributed by atoms with E-state index in [4.69, 9.17) is 5.11 Å². The first-order valence-electron chi connectivity index (χ1n) is 4.32. The van der Waals surface area contributed by atoms with Crippen LogP contribution in [0.2, 0.25) is 0 Å². The smallest absolute Gasteiger partial charge is 0.255 e. The van der Waals surface area contributed by atoms with Gasteiger partial charge in [0.05, 0.1) is 13.2 Å². The van der Waals surface area contributed by atoms with Crippen molar-refractivity contribution >= 4 is 5.69 Å². The quantitative estimate of drug-likeness (QED) is 0.804. The predicted molar refractivity (Wildman–Crippen MR) is 51.6 cm³/mol. The summed E-state index contributed by atoms with van der Waals surface area (Å²) in [6.07, 6.45) is -2.34. The first-order valence-corrected chi connectivity index (χ1v) is 4.32. The highest BCUT2D eigenvalue weighted by Gasteiger charge is 2.07. The molecular weight excluding hydrogens is 188 g/mol. The summed E-state index contributed by atoms with van der Waals surface area (Å²) in [7, 11) is 1.61. The Kier molecular flexibility index (Phi) is 3.83. The van der Waals surface area contributed by atoms with Gasteiger partial charge in [0, 0.05) is 12.7 Å². The van der Waals surface area contributed by atoms with Crippen molar-refractivity contribution in [1.82, 2.24) is 0 Å². The van der Waals surface area contributed by atoms with Crippen molar-refractivity contribution in [2.75, 3.05) is 18.5 Å². The number of aliphatic hydroxyl groups excluding tert-OH is 1. The molecule has 1 aromatic carbocycles. The molecule has 0 saturated carbocycles. The van der Waals surface area contributed by atoms with Crippen molar-refractivity contribution in [1.29, 1.82) is 0 Å². The summed E-state index contributed by atoms with van der Waals surface area (Å²) in [5.74, 6) is 0. The minimum Gasteiger partial charge on any atom is -0.392 e. The molecule has 0 amide bonds. The normalized spacial score (nSPS) is 10.6. The van der Waals surface area contributed by atoms with E-state index in [9.17, 15) is 8.78 Å². The Morgan fingerprint density at radius 1 is 1.29 bits per heavy atom. The number of halogens is 2. The zero-order chi connectivity index (χ0) is 10.6. The van der Waals surface area contributed by atoms with Crippen molar-refractivity contribution < 1.29 is 13.9 Å². The van der Waals surface area contributed by atoms with Gasteiger partial charge in [0.25, 0.3) is 6.43 Å². The van der Waals surface area contributed by atoms with E-state index in [1.807, 2.05) is 0 Å². The fourth-order valence-electron chi connectivity index (χ4n) is 1.17. The zero-order valence-corrected chi connectivity index (χ0v) is 7.95. The summed E-state index contributed by atoms with van der Waals surface area (Å²) in [6, 6.07) is 6.87. The van der Waals surface area contributed by atoms with E-state index in [0.29, 0.717) is 0 Å². The largest absolute Gasteiger partial charge is 0.392 e. The lowest BCUT2D eigenvalue weighted by Crippen LogP contribution is -2.23. The molecule has 4 heteroatoms. The molecule has 78 valence electrons. The van der Waals surface area contributed by atoms with Crippen LogP contribution in [0.5, 0.6) is 0 Å². The summed E-state index contributed by atoms with van der Waals surface area (Å²) < 4.78 is 24.1. The van der Waals surface area contributed by atoms with Crippen LogP contribution in [0, 0.1) is 0 Å². The SMILES string of the molecule is CN(CC(F)F)c1ccc(CO)cc1. The van der Waals surface area contributed by atoms with Gasteiger partial charge in [-0.3, -0.25) is 0 Å². The molecule has 0 atom stereocenters. The Morgan fingerprint density at radius 3 is 2.29 bits per heavy atom. The second-order valence-electron chi connectivity index (χ2n) is 3.10. The lowest BCUT2D eigenvalue weighted by atomic mass is 10.2. The Labute approximate surface area is 81.8 Å². The maximum absolute atomic E-state index is 12.0. The number of hydrogen-bond acceptors (Lipinski definition) is 2. The molecule has 2 nitrogen and oxygen atoms in total. The van der Waals surface area contributed by atoms with Crippen molar-refractivity contribution in [3.05, 3.63) is 29.8 Å². The van der Waals surface area contributed by atoms with Crippen LogP contribution in [0.4, 0.5) is 14.5 Å². The van der Waals surface area contributed by atoms with Crippen LogP contribution in [-0.2, 0) is 6.61 Å². The highest BCUT2D eigenvalue weighted by molar-refractivity contribution is 5.46. The topological polar surface area (TPSA) is 23.5 Å². The molecule has 0 aliphatic rings. The summed E-state index contributed by atoms with van der Waals surface area (Å²) in [5.41, 5.74) is 1.50. The molecule has 0 radical (unpaired) electrons. The average Bonchev–Trinajstić information content (AvgIpc) is 2.17. The number of nitrogens with zero attached hydrogens (tertiary/aromatic N) is 1. The lowest BCUT2D eigenvalue weighted by molar-refractivity contribution is 0.156. The van der Waals surface area contributed by atoms with Crippen molar-refractivity contribution in [2.24, 2.45) is 0 Å². The van der Waals surface area contributed by atoms with Gasteiger partial charge in [-0.25, -0.2) is 8.78 Å². The predicted octanol–water partition coefficient (Wildman–Crippen LogP) is 1.88. The van der Waals surface area contributed by atoms with Crippen molar-refractivity contribution in [2.45, 2.75) is 13.0 Å². The van der Waals surface area contributed by atoms with Gasteiger partial charge in [0.2, 0.25) is 0 Å². The zero-order valence-electron chi connectivity index (χ0n) is 7.95. The van der Waals surface area contributed by atoms with Gasteiger partial charge in [-0.15, -0.1) is 0 Å². The molecule has 0 saturated heterocycles. The fraction of sp³-hybridized carbons (Fsp3) is 0.400. The van der Waals surface area contributed by atoms with Crippen LogP contribution in [0.15, 0.2) is 24.3 Å². The standard InChI is InChI=1S/C10H13F2NO/c1-13(6-10(11)12)9-4-2-8(7-14)3-5-9/h2-5,10,14H,6-7H2,1H3. The maximum Gasteiger partial charge on any atom is 0.255 e. The van der Waals surface area contributed by atoms with Gasteiger partial charge in [-0.05, 0) is 17.7 Å². The van der Waals surface area contributed by atoms with Crippen LogP contribution >= 0.6 is 0 Å². The summed E-state index contributed by atoms with van der Waals surface area (Å²) in [4.78, 5) is 1.48. The average molecular weight is 201 g/mol. The number of alkyl halides is 2. The monoisotopic (exact) mass is 201 g/mol. The van der Waals surface area contributed by atoms with Gasteiger partial charge in [0.1, 0.15) is 0 Å². The molecule has 1 rings (SSSR count). The van der Waals surface area contributed by atoms with E-state index in [2.05, 4.69) is 0 Å². The Balaban J connectivity index is 2.66. The van der Waals surface area contributed by atoms with Crippen LogP contribution in [-0.4, -0.2) is 25.1 Å². The molecule has 1 N–H and O–H groups in total. The van der Waals surface area contributed by atoms with E-state index in [1.165, 1.54) is 4.90 Å². The highest BCUT2D eigenvalue weighted by Crippen LogP contribution is 2.14. The fourth-order valence-corrected chi connectivity index (χ4v) is 1.17. The van der Waals surface area contributed by atoms with Crippen LogP contribution in [0.1, 0.15) is 5.56 Å². The van der Waals surface area contributed by atoms with Crippen molar-refractivity contribution in [3.8, 4) is 0 Å². The molecule has 0 unspecified atom stereocenters. The molecule has 0 bridgehead atoms. The molecule has 0 spiro atoms. The van der Waals surface area contributed by atoms with E-state index in [-0.39, 0.29) is 13.2 Å². The summed E-state index contributed by atoms with van der Waals surface area (Å²) in [6.45, 7) is -0.308. The van der Waals surface area contributed by atoms with Gasteiger partial charge < -0.3 is 10.0 Å². The minimum atomic E-state index is -2.34. The Morgan fingerprint density at radius 2 is 1.86 bits per heavy atom. The number of hydrogen-bond donors (Lipinski definition) is 1. The first-order chi connectivity index (χ1) is 6.63. The van der Waals surface area contributed by atoms with Crippen molar-refractivity contribution in [3.63, 3.8) is 0 Å². The molecule has 1 aromatic rings. The van der Waals surface area contributed by atoms with Gasteiger partial charge in [-0.2, -0.15) is 0 Å². The Hall–Kier alpha value is -1.16. The Bertz CT molecular complexity index is 274. The van der Waals surface area contributed by atoms with E-state index >= 15 is 0 Å². The third kappa shape index (κ3) is 2.96. The number of aliphatic hydroxyl groups is 1. The number of benzene rings is 1. The van der Waals surface area contributed by atoms with Crippen LogP contribution in [0.3, 0.4) is 0 Å². The van der Waals surface area contributed by atoms with Gasteiger partial charge in [-0.1, -0.05) is 12.1 Å². The van der Waals surface area contributed by atoms with E-state index in [1.54, 1.807) is 31.3 Å². The third-order valence-electron chi connectivity index (χ3n) is 1.97. The molecule has 14 heavy (non-hydrogen) atoms. The molecule has 0 aliphatic heterocycles. The molecule has 0 aromatic heterocycles. The van der Waals surface area contributed by atoms with Gasteiger partial charge >= 0.3 is 0 Å². The maximum atomic E-state index is 12.0. The molecule has 0 aliphatic carbocycles. The number of rotatable bonds is 4. The second kappa shape index (κ2) is 4.91. The van der Waals surface area contributed by atoms with E-state index in [0.717, 1.165) is 11.3 Å². The lowest BCUT2D eigenvalue weighted by Gasteiger charge is -2.18. The van der Waals surface area contributed by atoms with Crippen LogP contribution in [0.25, 0.3) is 0 Å². The minimum absolute atomic E-state index is 0.0289. The second-order valence-corrected chi connectivity index (χ2v) is 3.10. The van der Waals surface area contributed by atoms with Gasteiger partial charge in [0.15, 0.2) is 0 Å². The van der Waals surface area contributed by atoms with E-state index < -0.39 is 6.43 Å². The highest BCUT2D eigenvalue weighted by atomic mass is 19.3. The molecule has 0 heterocycles. The van der Waals surface area contributed by atoms with Crippen LogP contribution < -0.4 is 4.90 Å². The number of anilines is 1. The molecule has 0 fully saturated rings. The first kappa shape index (κ1) is 10.9. The third-order valence-corrected chi connectivity index (χ3v) is 1.97. The summed E-state index contributed by atoms with van der Waals surface area (Å²) in [5, 5.41) is 8.78. The molecular formula is C10H13F2NO.